The van der Waals surface area contributed by atoms with E-state index in [4.69, 9.17) is 9.15 Å². The molecule has 4 aromatic rings. The number of esters is 1. The van der Waals surface area contributed by atoms with Crippen LogP contribution in [-0.2, 0) is 14.3 Å². The van der Waals surface area contributed by atoms with Gasteiger partial charge in [-0.3, -0.25) is 4.79 Å². The molecule has 0 saturated carbocycles. The highest BCUT2D eigenvalue weighted by molar-refractivity contribution is 5.98. The highest BCUT2D eigenvalue weighted by Gasteiger charge is 2.17. The van der Waals surface area contributed by atoms with Crippen LogP contribution in [0.3, 0.4) is 0 Å². The van der Waals surface area contributed by atoms with Gasteiger partial charge >= 0.3 is 5.97 Å². The molecule has 0 bridgehead atoms. The first-order valence-electron chi connectivity index (χ1n) is 9.12. The standard InChI is InChI=1S/C23H18N2O4/c1-15(23(27)24-18-11-10-16-6-2-3-7-17(16)14-18)28-22(26)13-12-21-25-19-8-4-5-9-20(19)29-21/h2-15H,1H3,(H,24,27)/b13-12+/t15-/m0/s1. The predicted molar refractivity (Wildman–Crippen MR) is 111 cm³/mol. The molecule has 6 nitrogen and oxygen atoms in total. The number of benzene rings is 3. The Morgan fingerprint density at radius 1 is 1.03 bits per heavy atom. The molecule has 1 atom stereocenters. The lowest BCUT2D eigenvalue weighted by Crippen LogP contribution is -2.29. The van der Waals surface area contributed by atoms with Crippen LogP contribution < -0.4 is 5.32 Å². The molecule has 0 spiro atoms. The molecule has 1 heterocycles. The number of aromatic nitrogens is 1. The molecule has 0 aliphatic carbocycles. The monoisotopic (exact) mass is 386 g/mol. The molecular weight excluding hydrogens is 368 g/mol. The quantitative estimate of drug-likeness (QED) is 0.401. The Bertz CT molecular complexity index is 1190. The van der Waals surface area contributed by atoms with Gasteiger partial charge in [-0.05, 0) is 42.0 Å². The smallest absolute Gasteiger partial charge is 0.331 e. The van der Waals surface area contributed by atoms with Crippen LogP contribution in [0.15, 0.2) is 77.2 Å². The number of carbonyl (C=O) groups is 2. The van der Waals surface area contributed by atoms with Crippen LogP contribution in [0.2, 0.25) is 0 Å². The Balaban J connectivity index is 1.36. The average molecular weight is 386 g/mol. The fourth-order valence-corrected chi connectivity index (χ4v) is 2.88. The van der Waals surface area contributed by atoms with E-state index in [2.05, 4.69) is 10.3 Å². The summed E-state index contributed by atoms with van der Waals surface area (Å²) in [6, 6.07) is 20.7. The van der Waals surface area contributed by atoms with E-state index in [0.29, 0.717) is 16.8 Å². The van der Waals surface area contributed by atoms with Gasteiger partial charge < -0.3 is 14.5 Å². The number of para-hydroxylation sites is 2. The van der Waals surface area contributed by atoms with Crippen molar-refractivity contribution in [2.45, 2.75) is 13.0 Å². The van der Waals surface area contributed by atoms with Crippen molar-refractivity contribution in [3.63, 3.8) is 0 Å². The van der Waals surface area contributed by atoms with Crippen LogP contribution >= 0.6 is 0 Å². The van der Waals surface area contributed by atoms with E-state index in [1.54, 1.807) is 6.07 Å². The molecule has 0 saturated heterocycles. The maximum atomic E-state index is 12.3. The highest BCUT2D eigenvalue weighted by Crippen LogP contribution is 2.19. The number of carbonyl (C=O) groups excluding carboxylic acids is 2. The molecule has 0 radical (unpaired) electrons. The molecule has 1 amide bonds. The summed E-state index contributed by atoms with van der Waals surface area (Å²) in [7, 11) is 0. The van der Waals surface area contributed by atoms with Gasteiger partial charge in [-0.2, -0.15) is 0 Å². The van der Waals surface area contributed by atoms with Gasteiger partial charge in [0.15, 0.2) is 11.7 Å². The summed E-state index contributed by atoms with van der Waals surface area (Å²) in [4.78, 5) is 28.6. The van der Waals surface area contributed by atoms with Crippen LogP contribution in [0.5, 0.6) is 0 Å². The van der Waals surface area contributed by atoms with E-state index in [1.165, 1.54) is 19.1 Å². The Morgan fingerprint density at radius 2 is 1.79 bits per heavy atom. The molecule has 29 heavy (non-hydrogen) atoms. The molecule has 1 aromatic heterocycles. The summed E-state index contributed by atoms with van der Waals surface area (Å²) >= 11 is 0. The van der Waals surface area contributed by atoms with E-state index >= 15 is 0 Å². The fraction of sp³-hybridized carbons (Fsp3) is 0.0870. The Kier molecular flexibility index (Phi) is 5.07. The SMILES string of the molecule is C[C@H](OC(=O)/C=C/c1nc2ccccc2o1)C(=O)Nc1ccc2ccccc2c1. The number of amides is 1. The predicted octanol–water partition coefficient (Wildman–Crippen LogP) is 4.56. The molecule has 0 aliphatic heterocycles. The molecule has 0 fully saturated rings. The van der Waals surface area contributed by atoms with Crippen LogP contribution in [0.4, 0.5) is 5.69 Å². The largest absolute Gasteiger partial charge is 0.449 e. The Labute approximate surface area is 166 Å². The molecule has 3 aromatic carbocycles. The van der Waals surface area contributed by atoms with Crippen LogP contribution in [0.25, 0.3) is 27.9 Å². The zero-order chi connectivity index (χ0) is 20.2. The average Bonchev–Trinajstić information content (AvgIpc) is 3.15. The number of ether oxygens (including phenoxy) is 1. The van der Waals surface area contributed by atoms with Crippen molar-refractivity contribution in [3.05, 3.63) is 78.7 Å². The summed E-state index contributed by atoms with van der Waals surface area (Å²) in [5, 5.41) is 4.85. The molecule has 144 valence electrons. The first-order valence-corrected chi connectivity index (χ1v) is 9.12. The number of hydrogen-bond acceptors (Lipinski definition) is 5. The number of oxazole rings is 1. The third kappa shape index (κ3) is 4.32. The summed E-state index contributed by atoms with van der Waals surface area (Å²) in [5.74, 6) is -0.784. The van der Waals surface area contributed by atoms with Gasteiger partial charge in [-0.15, -0.1) is 0 Å². The summed E-state index contributed by atoms with van der Waals surface area (Å²) < 4.78 is 10.7. The number of nitrogens with zero attached hydrogens (tertiary/aromatic N) is 1. The maximum absolute atomic E-state index is 12.3. The number of nitrogens with one attached hydrogen (secondary N) is 1. The lowest BCUT2D eigenvalue weighted by molar-refractivity contribution is -0.148. The van der Waals surface area contributed by atoms with Gasteiger partial charge in [0.2, 0.25) is 5.89 Å². The molecule has 1 N–H and O–H groups in total. The van der Waals surface area contributed by atoms with Crippen molar-refractivity contribution < 1.29 is 18.7 Å². The minimum absolute atomic E-state index is 0.288. The van der Waals surface area contributed by atoms with E-state index in [9.17, 15) is 9.59 Å². The first kappa shape index (κ1) is 18.4. The van der Waals surface area contributed by atoms with Crippen LogP contribution in [-0.4, -0.2) is 23.0 Å². The van der Waals surface area contributed by atoms with Gasteiger partial charge in [0.25, 0.3) is 5.91 Å². The maximum Gasteiger partial charge on any atom is 0.331 e. The van der Waals surface area contributed by atoms with E-state index in [1.807, 2.05) is 60.7 Å². The lowest BCUT2D eigenvalue weighted by atomic mass is 10.1. The number of anilines is 1. The summed E-state index contributed by atoms with van der Waals surface area (Å²) in [6.45, 7) is 1.52. The van der Waals surface area contributed by atoms with E-state index < -0.39 is 18.0 Å². The van der Waals surface area contributed by atoms with Crippen molar-refractivity contribution in [3.8, 4) is 0 Å². The third-order valence-corrected chi connectivity index (χ3v) is 4.35. The topological polar surface area (TPSA) is 81.4 Å². The molecule has 0 aliphatic rings. The first-order chi connectivity index (χ1) is 14.1. The summed E-state index contributed by atoms with van der Waals surface area (Å²) in [6.07, 6.45) is 1.64. The Hall–Kier alpha value is -3.93. The summed E-state index contributed by atoms with van der Waals surface area (Å²) in [5.41, 5.74) is 1.96. The van der Waals surface area contributed by atoms with E-state index in [-0.39, 0.29) is 5.89 Å². The van der Waals surface area contributed by atoms with Gasteiger partial charge in [-0.1, -0.05) is 42.5 Å². The molecular formula is C23H18N2O4. The fourth-order valence-electron chi connectivity index (χ4n) is 2.88. The second kappa shape index (κ2) is 7.98. The number of rotatable bonds is 5. The van der Waals surface area contributed by atoms with Gasteiger partial charge in [0.05, 0.1) is 0 Å². The van der Waals surface area contributed by atoms with Gasteiger partial charge in [0.1, 0.15) is 5.52 Å². The highest BCUT2D eigenvalue weighted by atomic mass is 16.5. The number of hydrogen-bond donors (Lipinski definition) is 1. The van der Waals surface area contributed by atoms with Crippen LogP contribution in [0, 0.1) is 0 Å². The van der Waals surface area contributed by atoms with Gasteiger partial charge in [0, 0.05) is 17.8 Å². The molecule has 4 rings (SSSR count). The minimum atomic E-state index is -0.956. The normalized spacial score (nSPS) is 12.3. The van der Waals surface area contributed by atoms with Crippen LogP contribution in [0.1, 0.15) is 12.8 Å². The van der Waals surface area contributed by atoms with E-state index in [0.717, 1.165) is 10.8 Å². The molecule has 6 heteroatoms. The minimum Gasteiger partial charge on any atom is -0.449 e. The Morgan fingerprint density at radius 3 is 2.62 bits per heavy atom. The zero-order valence-electron chi connectivity index (χ0n) is 15.7. The van der Waals surface area contributed by atoms with Crippen molar-refractivity contribution in [1.82, 2.24) is 4.98 Å². The van der Waals surface area contributed by atoms with Crippen molar-refractivity contribution in [2.75, 3.05) is 5.32 Å². The zero-order valence-corrected chi connectivity index (χ0v) is 15.7. The second-order valence-corrected chi connectivity index (χ2v) is 6.48. The molecule has 0 unspecified atom stereocenters. The second-order valence-electron chi connectivity index (χ2n) is 6.48. The lowest BCUT2D eigenvalue weighted by Gasteiger charge is -2.12. The van der Waals surface area contributed by atoms with Crippen molar-refractivity contribution >= 4 is 45.5 Å². The third-order valence-electron chi connectivity index (χ3n) is 4.35. The number of fused-ring (bicyclic) bond motifs is 2. The van der Waals surface area contributed by atoms with Crippen molar-refractivity contribution in [2.24, 2.45) is 0 Å². The van der Waals surface area contributed by atoms with Gasteiger partial charge in [-0.25, -0.2) is 9.78 Å². The van der Waals surface area contributed by atoms with Crippen molar-refractivity contribution in [1.29, 1.82) is 0 Å².